The van der Waals surface area contributed by atoms with Crippen LogP contribution in [-0.2, 0) is 11.3 Å². The zero-order chi connectivity index (χ0) is 15.8. The number of amides is 1. The zero-order valence-electron chi connectivity index (χ0n) is 12.6. The van der Waals surface area contributed by atoms with E-state index in [2.05, 4.69) is 5.32 Å². The summed E-state index contributed by atoms with van der Waals surface area (Å²) in [4.78, 5) is 11.9. The van der Waals surface area contributed by atoms with Crippen LogP contribution in [0.15, 0.2) is 40.8 Å². The lowest BCUT2D eigenvalue weighted by molar-refractivity contribution is 0.0910. The second-order valence-corrected chi connectivity index (χ2v) is 4.48. The quantitative estimate of drug-likeness (QED) is 0.757. The van der Waals surface area contributed by atoms with Crippen molar-refractivity contribution in [3.8, 4) is 11.5 Å². The molecule has 1 aromatic heterocycles. The van der Waals surface area contributed by atoms with Crippen LogP contribution < -0.4 is 14.8 Å². The first kappa shape index (κ1) is 15.9. The predicted molar refractivity (Wildman–Crippen MR) is 80.2 cm³/mol. The Bertz CT molecular complexity index is 608. The molecule has 0 bridgehead atoms. The number of ether oxygens (including phenoxy) is 3. The third-order valence-corrected chi connectivity index (χ3v) is 2.87. The fraction of sp³-hybridized carbons (Fsp3) is 0.312. The summed E-state index contributed by atoms with van der Waals surface area (Å²) in [5, 5.41) is 2.72. The summed E-state index contributed by atoms with van der Waals surface area (Å²) in [6.45, 7) is 1.06. The lowest BCUT2D eigenvalue weighted by Gasteiger charge is -2.08. The van der Waals surface area contributed by atoms with Crippen LogP contribution in [0.3, 0.4) is 0 Å². The summed E-state index contributed by atoms with van der Waals surface area (Å²) < 4.78 is 20.9. The smallest absolute Gasteiger partial charge is 0.287 e. The number of rotatable bonds is 8. The van der Waals surface area contributed by atoms with Crippen LogP contribution in [0.2, 0.25) is 0 Å². The minimum atomic E-state index is -0.281. The SMILES string of the molecule is COCc1ccc(C(=O)NCCOc2cccc(OC)c2)o1. The van der Waals surface area contributed by atoms with E-state index in [0.29, 0.717) is 31.3 Å². The molecule has 0 saturated heterocycles. The van der Waals surface area contributed by atoms with E-state index in [9.17, 15) is 4.79 Å². The molecule has 0 radical (unpaired) electrons. The number of nitrogens with one attached hydrogen (secondary N) is 1. The van der Waals surface area contributed by atoms with E-state index in [0.717, 1.165) is 5.75 Å². The van der Waals surface area contributed by atoms with Crippen molar-refractivity contribution in [1.82, 2.24) is 5.32 Å². The number of carbonyl (C=O) groups excluding carboxylic acids is 1. The third-order valence-electron chi connectivity index (χ3n) is 2.87. The largest absolute Gasteiger partial charge is 0.497 e. The summed E-state index contributed by atoms with van der Waals surface area (Å²) in [7, 11) is 3.17. The molecule has 0 aliphatic heterocycles. The summed E-state index contributed by atoms with van der Waals surface area (Å²) in [5.41, 5.74) is 0. The third kappa shape index (κ3) is 4.53. The molecular formula is C16H19NO5. The van der Waals surface area contributed by atoms with Gasteiger partial charge in [0.2, 0.25) is 0 Å². The maximum atomic E-state index is 11.9. The summed E-state index contributed by atoms with van der Waals surface area (Å²) in [6, 6.07) is 10.6. The predicted octanol–water partition coefficient (Wildman–Crippen LogP) is 2.24. The molecule has 0 aliphatic carbocycles. The standard InChI is InChI=1S/C16H19NO5/c1-19-11-14-6-7-15(22-14)16(18)17-8-9-21-13-5-3-4-12(10-13)20-2/h3-7,10H,8-9,11H2,1-2H3,(H,17,18). The number of benzene rings is 1. The van der Waals surface area contributed by atoms with Gasteiger partial charge in [-0.05, 0) is 24.3 Å². The van der Waals surface area contributed by atoms with Gasteiger partial charge >= 0.3 is 0 Å². The molecule has 22 heavy (non-hydrogen) atoms. The molecule has 6 nitrogen and oxygen atoms in total. The van der Waals surface area contributed by atoms with E-state index in [1.54, 1.807) is 32.4 Å². The Labute approximate surface area is 129 Å². The van der Waals surface area contributed by atoms with Gasteiger partial charge in [0.25, 0.3) is 5.91 Å². The molecule has 0 aliphatic rings. The number of hydrogen-bond acceptors (Lipinski definition) is 5. The van der Waals surface area contributed by atoms with Crippen LogP contribution in [-0.4, -0.2) is 33.3 Å². The molecule has 118 valence electrons. The van der Waals surface area contributed by atoms with Gasteiger partial charge in [-0.25, -0.2) is 0 Å². The van der Waals surface area contributed by atoms with Crippen molar-refractivity contribution >= 4 is 5.91 Å². The lowest BCUT2D eigenvalue weighted by atomic mass is 10.3. The van der Waals surface area contributed by atoms with E-state index in [-0.39, 0.29) is 11.7 Å². The van der Waals surface area contributed by atoms with Gasteiger partial charge < -0.3 is 23.9 Å². The first-order chi connectivity index (χ1) is 10.7. The Hall–Kier alpha value is -2.47. The lowest BCUT2D eigenvalue weighted by Crippen LogP contribution is -2.27. The summed E-state index contributed by atoms with van der Waals surface area (Å²) >= 11 is 0. The average molecular weight is 305 g/mol. The molecule has 2 aromatic rings. The van der Waals surface area contributed by atoms with Crippen molar-refractivity contribution in [3.63, 3.8) is 0 Å². The molecule has 0 atom stereocenters. The number of furan rings is 1. The van der Waals surface area contributed by atoms with E-state index in [1.165, 1.54) is 0 Å². The molecule has 1 aromatic carbocycles. The number of carbonyl (C=O) groups is 1. The molecule has 0 spiro atoms. The fourth-order valence-corrected chi connectivity index (χ4v) is 1.83. The topological polar surface area (TPSA) is 69.9 Å². The van der Waals surface area contributed by atoms with Crippen molar-refractivity contribution in [2.24, 2.45) is 0 Å². The second-order valence-electron chi connectivity index (χ2n) is 4.48. The molecule has 1 heterocycles. The van der Waals surface area contributed by atoms with E-state index < -0.39 is 0 Å². The molecule has 1 amide bonds. The molecule has 6 heteroatoms. The van der Waals surface area contributed by atoms with Crippen molar-refractivity contribution in [1.29, 1.82) is 0 Å². The van der Waals surface area contributed by atoms with Crippen molar-refractivity contribution in [2.75, 3.05) is 27.4 Å². The van der Waals surface area contributed by atoms with E-state index in [1.807, 2.05) is 18.2 Å². The van der Waals surface area contributed by atoms with Gasteiger partial charge in [0.05, 0.1) is 13.7 Å². The monoisotopic (exact) mass is 305 g/mol. The highest BCUT2D eigenvalue weighted by Gasteiger charge is 2.10. The molecule has 0 fully saturated rings. The van der Waals surface area contributed by atoms with E-state index in [4.69, 9.17) is 18.6 Å². The first-order valence-electron chi connectivity index (χ1n) is 6.85. The van der Waals surface area contributed by atoms with Crippen LogP contribution in [0, 0.1) is 0 Å². The second kappa shape index (κ2) is 8.09. The molecule has 2 rings (SSSR count). The Balaban J connectivity index is 1.74. The minimum Gasteiger partial charge on any atom is -0.497 e. The number of methoxy groups -OCH3 is 2. The van der Waals surface area contributed by atoms with E-state index >= 15 is 0 Å². The molecule has 1 N–H and O–H groups in total. The van der Waals surface area contributed by atoms with Gasteiger partial charge in [0.1, 0.15) is 30.5 Å². The summed E-state index contributed by atoms with van der Waals surface area (Å²) in [6.07, 6.45) is 0. The van der Waals surface area contributed by atoms with Gasteiger partial charge in [0.15, 0.2) is 5.76 Å². The van der Waals surface area contributed by atoms with Crippen LogP contribution in [0.1, 0.15) is 16.3 Å². The minimum absolute atomic E-state index is 0.258. The van der Waals surface area contributed by atoms with Crippen LogP contribution in [0.25, 0.3) is 0 Å². The Morgan fingerprint density at radius 3 is 2.77 bits per heavy atom. The van der Waals surface area contributed by atoms with Crippen LogP contribution in [0.4, 0.5) is 0 Å². The fourth-order valence-electron chi connectivity index (χ4n) is 1.83. The average Bonchev–Trinajstić information content (AvgIpc) is 3.01. The molecule has 0 saturated carbocycles. The summed E-state index contributed by atoms with van der Waals surface area (Å²) in [5.74, 6) is 2.00. The van der Waals surface area contributed by atoms with Gasteiger partial charge in [-0.3, -0.25) is 4.79 Å². The van der Waals surface area contributed by atoms with Gasteiger partial charge in [0, 0.05) is 13.2 Å². The van der Waals surface area contributed by atoms with Crippen molar-refractivity contribution in [3.05, 3.63) is 47.9 Å². The van der Waals surface area contributed by atoms with Gasteiger partial charge in [-0.15, -0.1) is 0 Å². The Morgan fingerprint density at radius 1 is 1.18 bits per heavy atom. The zero-order valence-corrected chi connectivity index (χ0v) is 12.6. The Morgan fingerprint density at radius 2 is 2.00 bits per heavy atom. The van der Waals surface area contributed by atoms with Crippen LogP contribution >= 0.6 is 0 Å². The maximum absolute atomic E-state index is 11.9. The van der Waals surface area contributed by atoms with Crippen LogP contribution in [0.5, 0.6) is 11.5 Å². The Kier molecular flexibility index (Phi) is 5.85. The number of hydrogen-bond donors (Lipinski definition) is 1. The molecular weight excluding hydrogens is 286 g/mol. The first-order valence-corrected chi connectivity index (χ1v) is 6.85. The molecule has 0 unspecified atom stereocenters. The van der Waals surface area contributed by atoms with Crippen molar-refractivity contribution < 1.29 is 23.4 Å². The highest BCUT2D eigenvalue weighted by molar-refractivity contribution is 5.91. The van der Waals surface area contributed by atoms with Gasteiger partial charge in [-0.2, -0.15) is 0 Å². The maximum Gasteiger partial charge on any atom is 0.287 e. The van der Waals surface area contributed by atoms with Crippen molar-refractivity contribution in [2.45, 2.75) is 6.61 Å². The highest BCUT2D eigenvalue weighted by Crippen LogP contribution is 2.18. The van der Waals surface area contributed by atoms with Gasteiger partial charge in [-0.1, -0.05) is 6.07 Å². The normalized spacial score (nSPS) is 10.3. The highest BCUT2D eigenvalue weighted by atomic mass is 16.5.